The summed E-state index contributed by atoms with van der Waals surface area (Å²) >= 11 is 0. The first kappa shape index (κ1) is 13.1. The van der Waals surface area contributed by atoms with E-state index >= 15 is 0 Å². The molecule has 2 heterocycles. The average molecular weight is 250 g/mol. The quantitative estimate of drug-likeness (QED) is 0.804. The Hall–Kier alpha value is -1.36. The minimum Gasteiger partial charge on any atom is -0.335 e. The fourth-order valence-corrected chi connectivity index (χ4v) is 2.51. The summed E-state index contributed by atoms with van der Waals surface area (Å²) in [7, 11) is 4.10. The molecule has 5 nitrogen and oxygen atoms in total. The summed E-state index contributed by atoms with van der Waals surface area (Å²) in [5, 5.41) is 4.38. The van der Waals surface area contributed by atoms with Crippen molar-refractivity contribution in [3.8, 4) is 0 Å². The number of hydrogen-bond donors (Lipinski definition) is 0. The molecule has 1 aromatic heterocycles. The molecular weight excluding hydrogens is 228 g/mol. The molecule has 0 spiro atoms. The highest BCUT2D eigenvalue weighted by atomic mass is 16.2. The van der Waals surface area contributed by atoms with Gasteiger partial charge in [-0.25, -0.2) is 0 Å². The van der Waals surface area contributed by atoms with E-state index in [1.54, 1.807) is 0 Å². The molecular formula is C13H22N4O. The number of amides is 1. The van der Waals surface area contributed by atoms with E-state index in [-0.39, 0.29) is 11.9 Å². The van der Waals surface area contributed by atoms with Crippen LogP contribution in [0, 0.1) is 0 Å². The Labute approximate surface area is 108 Å². The molecule has 1 amide bonds. The average Bonchev–Trinajstić information content (AvgIpc) is 2.76. The number of likely N-dealkylation sites (N-methyl/N-ethyl adjacent to an activating group) is 1. The molecule has 1 aliphatic rings. The van der Waals surface area contributed by atoms with Gasteiger partial charge in [-0.2, -0.15) is 5.10 Å². The van der Waals surface area contributed by atoms with Crippen molar-refractivity contribution < 1.29 is 4.79 Å². The smallest absolute Gasteiger partial charge is 0.222 e. The Bertz CT molecular complexity index is 413. The van der Waals surface area contributed by atoms with Crippen molar-refractivity contribution in [2.45, 2.75) is 32.4 Å². The fourth-order valence-electron chi connectivity index (χ4n) is 2.51. The van der Waals surface area contributed by atoms with Crippen molar-refractivity contribution in [1.82, 2.24) is 19.6 Å². The van der Waals surface area contributed by atoms with Crippen LogP contribution in [-0.2, 0) is 11.3 Å². The lowest BCUT2D eigenvalue weighted by atomic mass is 10.1. The highest BCUT2D eigenvalue weighted by molar-refractivity contribution is 5.76. The van der Waals surface area contributed by atoms with Crippen molar-refractivity contribution in [1.29, 1.82) is 0 Å². The first-order valence-corrected chi connectivity index (χ1v) is 6.56. The van der Waals surface area contributed by atoms with Gasteiger partial charge in [-0.05, 0) is 26.6 Å². The zero-order chi connectivity index (χ0) is 13.1. The van der Waals surface area contributed by atoms with Gasteiger partial charge in [-0.15, -0.1) is 0 Å². The van der Waals surface area contributed by atoms with E-state index in [0.29, 0.717) is 13.0 Å². The van der Waals surface area contributed by atoms with Crippen molar-refractivity contribution in [2.24, 2.45) is 0 Å². The molecule has 2 rings (SSSR count). The molecule has 1 unspecified atom stereocenters. The minimum absolute atomic E-state index is 0.258. The van der Waals surface area contributed by atoms with E-state index in [2.05, 4.69) is 28.8 Å². The summed E-state index contributed by atoms with van der Waals surface area (Å²) in [5.41, 5.74) is 1.14. The summed E-state index contributed by atoms with van der Waals surface area (Å²) in [5.74, 6) is 0.258. The number of carbonyl (C=O) groups is 1. The molecule has 0 saturated carbocycles. The van der Waals surface area contributed by atoms with Gasteiger partial charge in [0.25, 0.3) is 0 Å². The molecule has 0 aromatic carbocycles. The van der Waals surface area contributed by atoms with Crippen molar-refractivity contribution in [3.05, 3.63) is 18.0 Å². The van der Waals surface area contributed by atoms with Gasteiger partial charge in [0.2, 0.25) is 5.91 Å². The van der Waals surface area contributed by atoms with Gasteiger partial charge in [0.05, 0.1) is 18.3 Å². The van der Waals surface area contributed by atoms with Crippen molar-refractivity contribution in [3.63, 3.8) is 0 Å². The molecule has 0 aliphatic carbocycles. The summed E-state index contributed by atoms with van der Waals surface area (Å²) in [4.78, 5) is 16.2. The van der Waals surface area contributed by atoms with E-state index in [1.165, 1.54) is 0 Å². The number of hydrogen-bond acceptors (Lipinski definition) is 3. The van der Waals surface area contributed by atoms with Gasteiger partial charge in [0.15, 0.2) is 0 Å². The lowest BCUT2D eigenvalue weighted by Gasteiger charge is -2.35. The zero-order valence-electron chi connectivity index (χ0n) is 11.5. The molecule has 0 N–H and O–H groups in total. The molecule has 0 fully saturated rings. The lowest BCUT2D eigenvalue weighted by molar-refractivity contribution is -0.133. The third-order valence-corrected chi connectivity index (χ3v) is 3.27. The maximum Gasteiger partial charge on any atom is 0.222 e. The lowest BCUT2D eigenvalue weighted by Crippen LogP contribution is -2.44. The van der Waals surface area contributed by atoms with Crippen LogP contribution in [0.2, 0.25) is 0 Å². The monoisotopic (exact) mass is 250 g/mol. The van der Waals surface area contributed by atoms with E-state index in [4.69, 9.17) is 0 Å². The van der Waals surface area contributed by atoms with Crippen LogP contribution in [0.15, 0.2) is 12.3 Å². The van der Waals surface area contributed by atoms with E-state index in [0.717, 1.165) is 25.2 Å². The molecule has 1 aromatic rings. The fraction of sp³-hybridized carbons (Fsp3) is 0.692. The number of carbonyl (C=O) groups excluding carboxylic acids is 1. The number of fused-ring (bicyclic) bond motifs is 1. The van der Waals surface area contributed by atoms with Gasteiger partial charge in [0.1, 0.15) is 0 Å². The summed E-state index contributed by atoms with van der Waals surface area (Å²) < 4.78 is 2.07. The third kappa shape index (κ3) is 2.72. The van der Waals surface area contributed by atoms with Crippen LogP contribution in [0.25, 0.3) is 0 Å². The normalized spacial score (nSPS) is 19.1. The van der Waals surface area contributed by atoms with Gasteiger partial charge in [-0.3, -0.25) is 9.48 Å². The van der Waals surface area contributed by atoms with Gasteiger partial charge >= 0.3 is 0 Å². The Morgan fingerprint density at radius 3 is 3.00 bits per heavy atom. The first-order chi connectivity index (χ1) is 8.61. The maximum atomic E-state index is 12.0. The van der Waals surface area contributed by atoms with Crippen molar-refractivity contribution in [2.75, 3.05) is 27.2 Å². The number of nitrogens with zero attached hydrogens (tertiary/aromatic N) is 4. The molecule has 18 heavy (non-hydrogen) atoms. The van der Waals surface area contributed by atoms with Crippen LogP contribution in [0.5, 0.6) is 0 Å². The second-order valence-corrected chi connectivity index (χ2v) is 5.21. The van der Waals surface area contributed by atoms with E-state index in [9.17, 15) is 4.79 Å². The van der Waals surface area contributed by atoms with E-state index < -0.39 is 0 Å². The molecule has 5 heteroatoms. The largest absolute Gasteiger partial charge is 0.335 e. The zero-order valence-corrected chi connectivity index (χ0v) is 11.5. The summed E-state index contributed by atoms with van der Waals surface area (Å²) in [6, 6.07) is 2.27. The Morgan fingerprint density at radius 2 is 2.33 bits per heavy atom. The maximum absolute atomic E-state index is 12.0. The molecule has 1 atom stereocenters. The predicted octanol–water partition coefficient (Wildman–Crippen LogP) is 1.13. The van der Waals surface area contributed by atoms with Crippen LogP contribution in [0.3, 0.4) is 0 Å². The van der Waals surface area contributed by atoms with Crippen molar-refractivity contribution >= 4 is 5.91 Å². The second kappa shape index (κ2) is 5.52. The Balaban J connectivity index is 2.14. The van der Waals surface area contributed by atoms with Crippen LogP contribution in [-0.4, -0.2) is 52.7 Å². The topological polar surface area (TPSA) is 41.4 Å². The summed E-state index contributed by atoms with van der Waals surface area (Å²) in [6.07, 6.45) is 3.38. The molecule has 0 bridgehead atoms. The molecule has 1 aliphatic heterocycles. The Kier molecular flexibility index (Phi) is 4.01. The van der Waals surface area contributed by atoms with Crippen LogP contribution in [0.1, 0.15) is 31.5 Å². The second-order valence-electron chi connectivity index (χ2n) is 5.21. The first-order valence-electron chi connectivity index (χ1n) is 6.56. The molecule has 0 radical (unpaired) electrons. The van der Waals surface area contributed by atoms with Gasteiger partial charge in [0, 0.05) is 25.7 Å². The van der Waals surface area contributed by atoms with Gasteiger partial charge < -0.3 is 9.80 Å². The standard InChI is InChI=1S/C13H22N4O/c1-4-5-13(18)16-9-11-6-7-14-17(11)12(10-16)8-15(2)3/h6-7,12H,4-5,8-10H2,1-3H3. The number of rotatable bonds is 4. The van der Waals surface area contributed by atoms with E-state index in [1.807, 2.05) is 24.1 Å². The highest BCUT2D eigenvalue weighted by Gasteiger charge is 2.28. The van der Waals surface area contributed by atoms with Crippen LogP contribution in [0.4, 0.5) is 0 Å². The SMILES string of the molecule is CCCC(=O)N1Cc2ccnn2C(CN(C)C)C1. The molecule has 100 valence electrons. The Morgan fingerprint density at radius 1 is 1.56 bits per heavy atom. The summed E-state index contributed by atoms with van der Waals surface area (Å²) in [6.45, 7) is 4.42. The van der Waals surface area contributed by atoms with Gasteiger partial charge in [-0.1, -0.05) is 6.92 Å². The minimum atomic E-state index is 0.258. The predicted molar refractivity (Wildman–Crippen MR) is 70.1 cm³/mol. The van der Waals surface area contributed by atoms with Crippen LogP contribution < -0.4 is 0 Å². The molecule has 0 saturated heterocycles. The third-order valence-electron chi connectivity index (χ3n) is 3.27. The highest BCUT2D eigenvalue weighted by Crippen LogP contribution is 2.21. The number of aromatic nitrogens is 2. The van der Waals surface area contributed by atoms with Crippen LogP contribution >= 0.6 is 0 Å².